The highest BCUT2D eigenvalue weighted by molar-refractivity contribution is 9.10. The topological polar surface area (TPSA) is 56.2 Å². The lowest BCUT2D eigenvalue weighted by Crippen LogP contribution is -2.13. The van der Waals surface area contributed by atoms with E-state index in [4.69, 9.17) is 11.6 Å². The van der Waals surface area contributed by atoms with Crippen LogP contribution in [0.25, 0.3) is 0 Å². The molecule has 1 N–H and O–H groups in total. The summed E-state index contributed by atoms with van der Waals surface area (Å²) >= 11 is 9.01. The summed E-state index contributed by atoms with van der Waals surface area (Å²) in [4.78, 5) is 12.0. The van der Waals surface area contributed by atoms with Gasteiger partial charge in [-0.25, -0.2) is 0 Å². The number of alkyl halides is 2. The maximum atomic E-state index is 12.1. The van der Waals surface area contributed by atoms with Crippen LogP contribution in [0.3, 0.4) is 0 Å². The third-order valence-electron chi connectivity index (χ3n) is 2.41. The van der Waals surface area contributed by atoms with Crippen LogP contribution in [0.5, 0.6) is 5.75 Å². The van der Waals surface area contributed by atoms with Crippen molar-refractivity contribution in [1.29, 1.82) is 0 Å². The highest BCUT2D eigenvalue weighted by atomic mass is 79.9. The van der Waals surface area contributed by atoms with Gasteiger partial charge in [0.05, 0.1) is 9.50 Å². The van der Waals surface area contributed by atoms with Crippen molar-refractivity contribution < 1.29 is 18.3 Å². The first-order chi connectivity index (χ1) is 9.86. The Balaban J connectivity index is 2.15. The molecule has 21 heavy (non-hydrogen) atoms. The van der Waals surface area contributed by atoms with Gasteiger partial charge in [-0.15, -0.1) is 0 Å². The second kappa shape index (κ2) is 6.40. The number of ether oxygens (including phenoxy) is 1. The third kappa shape index (κ3) is 3.92. The Morgan fingerprint density at radius 1 is 1.52 bits per heavy atom. The molecule has 2 rings (SSSR count). The predicted octanol–water partition coefficient (Wildman–Crippen LogP) is 3.69. The van der Waals surface area contributed by atoms with Crippen LogP contribution in [-0.2, 0) is 7.05 Å². The third-order valence-corrected chi connectivity index (χ3v) is 3.28. The van der Waals surface area contributed by atoms with Gasteiger partial charge in [-0.2, -0.15) is 13.9 Å². The molecule has 2 aromatic rings. The zero-order valence-electron chi connectivity index (χ0n) is 10.6. The Labute approximate surface area is 132 Å². The fourth-order valence-corrected chi connectivity index (χ4v) is 2.35. The number of rotatable bonds is 4. The zero-order valence-corrected chi connectivity index (χ0v) is 13.0. The number of anilines is 1. The lowest BCUT2D eigenvalue weighted by Gasteiger charge is -2.09. The minimum atomic E-state index is -2.97. The second-order valence-corrected chi connectivity index (χ2v) is 5.24. The van der Waals surface area contributed by atoms with Gasteiger partial charge in [-0.1, -0.05) is 11.6 Å². The van der Waals surface area contributed by atoms with E-state index in [9.17, 15) is 13.6 Å². The van der Waals surface area contributed by atoms with E-state index in [0.717, 1.165) is 0 Å². The van der Waals surface area contributed by atoms with Crippen molar-refractivity contribution in [1.82, 2.24) is 9.78 Å². The van der Waals surface area contributed by atoms with Gasteiger partial charge in [-0.05, 0) is 34.1 Å². The van der Waals surface area contributed by atoms with Crippen LogP contribution in [-0.4, -0.2) is 22.3 Å². The first kappa shape index (κ1) is 15.7. The second-order valence-electron chi connectivity index (χ2n) is 3.98. The lowest BCUT2D eigenvalue weighted by atomic mass is 10.3. The van der Waals surface area contributed by atoms with E-state index >= 15 is 0 Å². The number of benzene rings is 1. The Kier molecular flexibility index (Phi) is 4.79. The van der Waals surface area contributed by atoms with Gasteiger partial charge in [-0.3, -0.25) is 9.48 Å². The summed E-state index contributed by atoms with van der Waals surface area (Å²) in [6, 6.07) is 3.96. The number of aromatic nitrogens is 2. The summed E-state index contributed by atoms with van der Waals surface area (Å²) in [7, 11) is 1.68. The van der Waals surface area contributed by atoms with Gasteiger partial charge >= 0.3 is 6.61 Å². The van der Waals surface area contributed by atoms with Crippen molar-refractivity contribution in [2.75, 3.05) is 5.32 Å². The molecule has 0 aliphatic carbocycles. The number of halogens is 4. The highest BCUT2D eigenvalue weighted by Gasteiger charge is 2.15. The molecule has 0 saturated carbocycles. The molecule has 1 amide bonds. The van der Waals surface area contributed by atoms with Gasteiger partial charge in [0.1, 0.15) is 5.75 Å². The van der Waals surface area contributed by atoms with Crippen molar-refractivity contribution in [3.05, 3.63) is 39.6 Å². The predicted molar refractivity (Wildman–Crippen MR) is 76.9 cm³/mol. The molecule has 0 aliphatic rings. The van der Waals surface area contributed by atoms with E-state index in [2.05, 4.69) is 31.1 Å². The van der Waals surface area contributed by atoms with Gasteiger partial charge in [0.2, 0.25) is 0 Å². The molecule has 0 atom stereocenters. The normalized spacial score (nSPS) is 10.8. The fourth-order valence-electron chi connectivity index (χ4n) is 1.57. The van der Waals surface area contributed by atoms with Gasteiger partial charge in [0, 0.05) is 18.9 Å². The molecule has 0 bridgehead atoms. The highest BCUT2D eigenvalue weighted by Crippen LogP contribution is 2.29. The summed E-state index contributed by atoms with van der Waals surface area (Å²) in [5, 5.41) is 6.51. The summed E-state index contributed by atoms with van der Waals surface area (Å²) in [5.74, 6) is -0.621. The number of nitrogens with one attached hydrogen (secondary N) is 1. The summed E-state index contributed by atoms with van der Waals surface area (Å²) in [5.41, 5.74) is 0.533. The molecule has 0 fully saturated rings. The Hall–Kier alpha value is -1.67. The Morgan fingerprint density at radius 2 is 2.24 bits per heavy atom. The van der Waals surface area contributed by atoms with E-state index in [1.54, 1.807) is 13.2 Å². The number of hydrogen-bond donors (Lipinski definition) is 1. The molecule has 0 aliphatic heterocycles. The molecule has 1 aromatic carbocycles. The maximum absolute atomic E-state index is 12.1. The van der Waals surface area contributed by atoms with Crippen LogP contribution < -0.4 is 10.1 Å². The number of amides is 1. The van der Waals surface area contributed by atoms with Crippen LogP contribution in [0, 0.1) is 0 Å². The molecule has 112 valence electrons. The fraction of sp³-hybridized carbons (Fsp3) is 0.167. The van der Waals surface area contributed by atoms with Crippen molar-refractivity contribution in [3.8, 4) is 5.75 Å². The minimum absolute atomic E-state index is 0.0341. The van der Waals surface area contributed by atoms with Crippen molar-refractivity contribution >= 4 is 39.1 Å². The molecule has 0 saturated heterocycles. The number of nitrogens with zero attached hydrogens (tertiary/aromatic N) is 2. The molecule has 9 heteroatoms. The average Bonchev–Trinajstić information content (AvgIpc) is 2.71. The zero-order chi connectivity index (χ0) is 15.6. The van der Waals surface area contributed by atoms with E-state index in [-0.39, 0.29) is 16.5 Å². The van der Waals surface area contributed by atoms with Crippen LogP contribution in [0.1, 0.15) is 10.5 Å². The first-order valence-electron chi connectivity index (χ1n) is 5.61. The monoisotopic (exact) mass is 379 g/mol. The van der Waals surface area contributed by atoms with Crippen molar-refractivity contribution in [3.63, 3.8) is 0 Å². The van der Waals surface area contributed by atoms with E-state index in [0.29, 0.717) is 10.2 Å². The average molecular weight is 381 g/mol. The summed E-state index contributed by atoms with van der Waals surface area (Å²) < 4.78 is 30.4. The summed E-state index contributed by atoms with van der Waals surface area (Å²) in [6.07, 6.45) is 1.63. The standard InChI is InChI=1S/C12H9BrClF2N3O2/c1-19-5-7(13)10(18-19)11(20)17-6-2-3-9(8(14)4-6)21-12(15)16/h2-5,12H,1H3,(H,17,20). The number of hydrogen-bond acceptors (Lipinski definition) is 3. The molecule has 5 nitrogen and oxygen atoms in total. The number of carbonyl (C=O) groups excluding carboxylic acids is 1. The lowest BCUT2D eigenvalue weighted by molar-refractivity contribution is -0.0497. The maximum Gasteiger partial charge on any atom is 0.387 e. The Bertz CT molecular complexity index is 679. The number of aryl methyl sites for hydroxylation is 1. The van der Waals surface area contributed by atoms with E-state index < -0.39 is 12.5 Å². The summed E-state index contributed by atoms with van der Waals surface area (Å²) in [6.45, 7) is -2.97. The van der Waals surface area contributed by atoms with E-state index in [1.165, 1.54) is 22.9 Å². The first-order valence-corrected chi connectivity index (χ1v) is 6.79. The van der Waals surface area contributed by atoms with E-state index in [1.807, 2.05) is 0 Å². The number of carbonyl (C=O) groups is 1. The van der Waals surface area contributed by atoms with Crippen LogP contribution in [0.4, 0.5) is 14.5 Å². The van der Waals surface area contributed by atoms with Crippen LogP contribution >= 0.6 is 27.5 Å². The van der Waals surface area contributed by atoms with Crippen molar-refractivity contribution in [2.45, 2.75) is 6.61 Å². The van der Waals surface area contributed by atoms with Crippen LogP contribution in [0.15, 0.2) is 28.9 Å². The Morgan fingerprint density at radius 3 is 2.76 bits per heavy atom. The van der Waals surface area contributed by atoms with Gasteiger partial charge in [0.25, 0.3) is 5.91 Å². The molecule has 0 unspecified atom stereocenters. The molecule has 0 radical (unpaired) electrons. The van der Waals surface area contributed by atoms with Crippen molar-refractivity contribution in [2.24, 2.45) is 7.05 Å². The largest absolute Gasteiger partial charge is 0.433 e. The smallest absolute Gasteiger partial charge is 0.387 e. The molecular weight excluding hydrogens is 372 g/mol. The van der Waals surface area contributed by atoms with Gasteiger partial charge in [0.15, 0.2) is 5.69 Å². The molecule has 1 heterocycles. The quantitative estimate of drug-likeness (QED) is 0.880. The minimum Gasteiger partial charge on any atom is -0.433 e. The van der Waals surface area contributed by atoms with Crippen LogP contribution in [0.2, 0.25) is 5.02 Å². The molecule has 1 aromatic heterocycles. The SMILES string of the molecule is Cn1cc(Br)c(C(=O)Nc2ccc(OC(F)F)c(Cl)c2)n1. The molecular formula is C12H9BrClF2N3O2. The molecule has 0 spiro atoms. The van der Waals surface area contributed by atoms with Gasteiger partial charge < -0.3 is 10.1 Å².